The normalized spacial score (nSPS) is 21.0. The molecular weight excluding hydrogens is 174 g/mol. The van der Waals surface area contributed by atoms with Crippen LogP contribution in [0.4, 0.5) is 0 Å². The predicted molar refractivity (Wildman–Crippen MR) is 59.0 cm³/mol. The summed E-state index contributed by atoms with van der Waals surface area (Å²) in [5.41, 5.74) is 0. The summed E-state index contributed by atoms with van der Waals surface area (Å²) in [5.74, 6) is 0.738. The van der Waals surface area contributed by atoms with Gasteiger partial charge in [-0.25, -0.2) is 0 Å². The number of rotatable bonds is 3. The van der Waals surface area contributed by atoms with Gasteiger partial charge in [-0.3, -0.25) is 4.79 Å². The molecule has 0 aromatic rings. The molecule has 80 valence electrons. The van der Waals surface area contributed by atoms with Crippen molar-refractivity contribution in [3.63, 3.8) is 0 Å². The van der Waals surface area contributed by atoms with Crippen LogP contribution in [0, 0.1) is 5.92 Å². The van der Waals surface area contributed by atoms with Gasteiger partial charge in [-0.2, -0.15) is 0 Å². The zero-order chi connectivity index (χ0) is 10.4. The molecule has 0 radical (unpaired) electrons. The third-order valence-electron chi connectivity index (χ3n) is 2.93. The summed E-state index contributed by atoms with van der Waals surface area (Å²) in [7, 11) is 0. The van der Waals surface area contributed by atoms with Gasteiger partial charge in [0.05, 0.1) is 0 Å². The van der Waals surface area contributed by atoms with Crippen LogP contribution in [0.25, 0.3) is 0 Å². The van der Waals surface area contributed by atoms with Crippen LogP contribution in [0.1, 0.15) is 46.0 Å². The van der Waals surface area contributed by atoms with Crippen LogP contribution < -0.4 is 5.32 Å². The average molecular weight is 195 g/mol. The molecule has 1 unspecified atom stereocenters. The largest absolute Gasteiger partial charge is 0.350 e. The molecule has 0 aliphatic heterocycles. The van der Waals surface area contributed by atoms with Crippen molar-refractivity contribution in [1.29, 1.82) is 0 Å². The highest BCUT2D eigenvalue weighted by molar-refractivity contribution is 5.73. The highest BCUT2D eigenvalue weighted by Crippen LogP contribution is 2.26. The van der Waals surface area contributed by atoms with Gasteiger partial charge in [0.1, 0.15) is 0 Å². The monoisotopic (exact) mass is 195 g/mol. The minimum atomic E-state index is 0.0821. The van der Waals surface area contributed by atoms with Gasteiger partial charge >= 0.3 is 0 Å². The van der Waals surface area contributed by atoms with Gasteiger partial charge in [0, 0.05) is 13.0 Å². The van der Waals surface area contributed by atoms with E-state index in [4.69, 9.17) is 0 Å². The van der Waals surface area contributed by atoms with Crippen LogP contribution in [0.15, 0.2) is 12.2 Å². The fraction of sp³-hybridized carbons (Fsp3) is 0.750. The van der Waals surface area contributed by atoms with E-state index in [1.807, 2.05) is 13.0 Å². The molecule has 0 heterocycles. The SMILES string of the molecule is C/C=C\C(NC(C)=O)C1CCCCC1. The van der Waals surface area contributed by atoms with Crippen molar-refractivity contribution in [1.82, 2.24) is 5.32 Å². The Morgan fingerprint density at radius 3 is 2.50 bits per heavy atom. The van der Waals surface area contributed by atoms with Crippen molar-refractivity contribution < 1.29 is 4.79 Å². The molecule has 1 fully saturated rings. The first kappa shape index (κ1) is 11.3. The molecule has 2 nitrogen and oxygen atoms in total. The molecule has 0 spiro atoms. The minimum absolute atomic E-state index is 0.0821. The van der Waals surface area contributed by atoms with E-state index in [1.54, 1.807) is 6.92 Å². The van der Waals surface area contributed by atoms with Crippen LogP contribution >= 0.6 is 0 Å². The Hall–Kier alpha value is -0.790. The highest BCUT2D eigenvalue weighted by Gasteiger charge is 2.21. The van der Waals surface area contributed by atoms with Gasteiger partial charge in [-0.05, 0) is 25.7 Å². The van der Waals surface area contributed by atoms with Crippen molar-refractivity contribution in [3.05, 3.63) is 12.2 Å². The summed E-state index contributed by atoms with van der Waals surface area (Å²) in [4.78, 5) is 11.0. The smallest absolute Gasteiger partial charge is 0.217 e. The van der Waals surface area contributed by atoms with Gasteiger partial charge < -0.3 is 5.32 Å². The predicted octanol–water partition coefficient (Wildman–Crippen LogP) is 2.65. The second kappa shape index (κ2) is 5.84. The zero-order valence-electron chi connectivity index (χ0n) is 9.25. The number of amides is 1. The lowest BCUT2D eigenvalue weighted by Gasteiger charge is -2.28. The Bertz CT molecular complexity index is 204. The summed E-state index contributed by atoms with van der Waals surface area (Å²) < 4.78 is 0. The van der Waals surface area contributed by atoms with E-state index in [-0.39, 0.29) is 11.9 Å². The Morgan fingerprint density at radius 1 is 1.36 bits per heavy atom. The molecule has 1 aliphatic carbocycles. The van der Waals surface area contributed by atoms with Gasteiger partial charge in [0.25, 0.3) is 0 Å². The maximum atomic E-state index is 11.0. The Kier molecular flexibility index (Phi) is 4.71. The van der Waals surface area contributed by atoms with E-state index in [2.05, 4.69) is 11.4 Å². The molecule has 0 bridgehead atoms. The first-order valence-corrected chi connectivity index (χ1v) is 5.64. The zero-order valence-corrected chi connectivity index (χ0v) is 9.25. The van der Waals surface area contributed by atoms with Crippen LogP contribution in [0.2, 0.25) is 0 Å². The number of carbonyl (C=O) groups excluding carboxylic acids is 1. The second-order valence-corrected chi connectivity index (χ2v) is 4.15. The van der Waals surface area contributed by atoms with Crippen molar-refractivity contribution >= 4 is 5.91 Å². The lowest BCUT2D eigenvalue weighted by Crippen LogP contribution is -2.38. The minimum Gasteiger partial charge on any atom is -0.350 e. The summed E-state index contributed by atoms with van der Waals surface area (Å²) in [6.07, 6.45) is 10.7. The summed E-state index contributed by atoms with van der Waals surface area (Å²) >= 11 is 0. The molecule has 0 saturated heterocycles. The molecule has 0 aromatic carbocycles. The maximum absolute atomic E-state index is 11.0. The van der Waals surface area contributed by atoms with E-state index in [1.165, 1.54) is 32.1 Å². The molecule has 1 amide bonds. The third-order valence-corrected chi connectivity index (χ3v) is 2.93. The number of hydrogen-bond acceptors (Lipinski definition) is 1. The van der Waals surface area contributed by atoms with Crippen LogP contribution in [0.5, 0.6) is 0 Å². The molecule has 1 N–H and O–H groups in total. The molecule has 1 aliphatic rings. The quantitative estimate of drug-likeness (QED) is 0.689. The van der Waals surface area contributed by atoms with Crippen molar-refractivity contribution in [2.75, 3.05) is 0 Å². The Balaban J connectivity index is 2.51. The molecule has 1 saturated carbocycles. The van der Waals surface area contributed by atoms with Gasteiger partial charge in [-0.1, -0.05) is 31.4 Å². The van der Waals surface area contributed by atoms with Gasteiger partial charge in [-0.15, -0.1) is 0 Å². The van der Waals surface area contributed by atoms with Crippen molar-refractivity contribution in [2.24, 2.45) is 5.92 Å². The van der Waals surface area contributed by atoms with Gasteiger partial charge in [0.15, 0.2) is 0 Å². The number of hydrogen-bond donors (Lipinski definition) is 1. The summed E-state index contributed by atoms with van der Waals surface area (Å²) in [6, 6.07) is 0.262. The topological polar surface area (TPSA) is 29.1 Å². The first-order chi connectivity index (χ1) is 6.74. The molecule has 0 aromatic heterocycles. The van der Waals surface area contributed by atoms with Crippen LogP contribution in [-0.4, -0.2) is 11.9 Å². The highest BCUT2D eigenvalue weighted by atomic mass is 16.1. The van der Waals surface area contributed by atoms with E-state index in [0.29, 0.717) is 5.92 Å². The number of allylic oxidation sites excluding steroid dienone is 1. The maximum Gasteiger partial charge on any atom is 0.217 e. The fourth-order valence-electron chi connectivity index (χ4n) is 2.26. The van der Waals surface area contributed by atoms with Gasteiger partial charge in [0.2, 0.25) is 5.91 Å². The van der Waals surface area contributed by atoms with E-state index in [0.717, 1.165) is 0 Å². The van der Waals surface area contributed by atoms with Crippen LogP contribution in [0.3, 0.4) is 0 Å². The first-order valence-electron chi connectivity index (χ1n) is 5.64. The average Bonchev–Trinajstić information content (AvgIpc) is 2.18. The summed E-state index contributed by atoms with van der Waals surface area (Å²) in [6.45, 7) is 3.61. The molecule has 1 atom stereocenters. The van der Waals surface area contributed by atoms with Crippen LogP contribution in [-0.2, 0) is 4.79 Å². The number of carbonyl (C=O) groups is 1. The standard InChI is InChI=1S/C12H21NO/c1-3-7-12(13-10(2)14)11-8-5-4-6-9-11/h3,7,11-12H,4-6,8-9H2,1-2H3,(H,13,14)/b7-3-. The molecule has 14 heavy (non-hydrogen) atoms. The Labute approximate surface area is 86.8 Å². The molecule has 1 rings (SSSR count). The lowest BCUT2D eigenvalue weighted by atomic mass is 9.83. The van der Waals surface area contributed by atoms with Crippen molar-refractivity contribution in [2.45, 2.75) is 52.0 Å². The van der Waals surface area contributed by atoms with Crippen molar-refractivity contribution in [3.8, 4) is 0 Å². The van der Waals surface area contributed by atoms with E-state index < -0.39 is 0 Å². The fourth-order valence-corrected chi connectivity index (χ4v) is 2.26. The Morgan fingerprint density at radius 2 is 2.00 bits per heavy atom. The summed E-state index contributed by atoms with van der Waals surface area (Å²) in [5, 5.41) is 3.02. The van der Waals surface area contributed by atoms with E-state index >= 15 is 0 Å². The molecule has 2 heteroatoms. The lowest BCUT2D eigenvalue weighted by molar-refractivity contribution is -0.119. The van der Waals surface area contributed by atoms with E-state index in [9.17, 15) is 4.79 Å². The number of nitrogens with one attached hydrogen (secondary N) is 1. The molecular formula is C12H21NO. The third kappa shape index (κ3) is 3.52. The second-order valence-electron chi connectivity index (χ2n) is 4.15.